The van der Waals surface area contributed by atoms with Crippen LogP contribution in [0.25, 0.3) is 15.9 Å². The molecule has 0 aliphatic carbocycles. The molecule has 2 aromatic heterocycles. The van der Waals surface area contributed by atoms with Crippen LogP contribution in [-0.2, 0) is 0 Å². The Balaban J connectivity index is 1.71. The van der Waals surface area contributed by atoms with Gasteiger partial charge in [0, 0.05) is 0 Å². The molecule has 146 valence electrons. The third kappa shape index (κ3) is 3.74. The molecule has 8 heteroatoms. The third-order valence-electron chi connectivity index (χ3n) is 4.37. The van der Waals surface area contributed by atoms with Crippen molar-refractivity contribution in [2.45, 2.75) is 13.8 Å². The third-order valence-corrected chi connectivity index (χ3v) is 5.31. The van der Waals surface area contributed by atoms with Crippen LogP contribution in [0.1, 0.15) is 21.6 Å². The highest BCUT2D eigenvalue weighted by Gasteiger charge is 2.19. The van der Waals surface area contributed by atoms with Gasteiger partial charge in [-0.3, -0.25) is 14.9 Å². The van der Waals surface area contributed by atoms with E-state index < -0.39 is 11.5 Å². The lowest BCUT2D eigenvalue weighted by Gasteiger charge is -2.10. The molecule has 0 radical (unpaired) electrons. The summed E-state index contributed by atoms with van der Waals surface area (Å²) in [6, 6.07) is 14.4. The Kier molecular flexibility index (Phi) is 4.85. The van der Waals surface area contributed by atoms with Gasteiger partial charge in [0.15, 0.2) is 16.6 Å². The molecule has 0 saturated carbocycles. The van der Waals surface area contributed by atoms with E-state index in [1.807, 2.05) is 44.2 Å². The van der Waals surface area contributed by atoms with Crippen molar-refractivity contribution >= 4 is 32.6 Å². The number of benzene rings is 2. The Labute approximate surface area is 170 Å². The van der Waals surface area contributed by atoms with E-state index in [0.717, 1.165) is 21.3 Å². The molecule has 0 spiro atoms. The van der Waals surface area contributed by atoms with Gasteiger partial charge in [-0.25, -0.2) is 4.98 Å². The Hall–Kier alpha value is -3.52. The van der Waals surface area contributed by atoms with Crippen LogP contribution in [0.15, 0.2) is 53.3 Å². The van der Waals surface area contributed by atoms with Crippen LogP contribution in [0, 0.1) is 13.8 Å². The summed E-state index contributed by atoms with van der Waals surface area (Å²) in [5.74, 6) is -0.397. The number of aromatic nitrogens is 3. The molecule has 0 aliphatic heterocycles. The van der Waals surface area contributed by atoms with E-state index in [-0.39, 0.29) is 11.4 Å². The number of anilines is 1. The molecule has 7 nitrogen and oxygen atoms in total. The molecule has 1 amide bonds. The Morgan fingerprint density at radius 1 is 1.07 bits per heavy atom. The molecule has 4 aromatic rings. The molecule has 0 fully saturated rings. The summed E-state index contributed by atoms with van der Waals surface area (Å²) in [6.07, 6.45) is 0. The number of hydrogen-bond acceptors (Lipinski definition) is 6. The lowest BCUT2D eigenvalue weighted by atomic mass is 10.2. The van der Waals surface area contributed by atoms with Crippen LogP contribution in [-0.4, -0.2) is 27.8 Å². The van der Waals surface area contributed by atoms with Crippen LogP contribution in [0.5, 0.6) is 5.75 Å². The Morgan fingerprint density at radius 3 is 2.52 bits per heavy atom. The zero-order valence-corrected chi connectivity index (χ0v) is 16.9. The van der Waals surface area contributed by atoms with Crippen molar-refractivity contribution in [1.82, 2.24) is 14.8 Å². The molecule has 29 heavy (non-hydrogen) atoms. The number of ether oxygens (including phenoxy) is 1. The zero-order chi connectivity index (χ0) is 20.5. The van der Waals surface area contributed by atoms with Gasteiger partial charge in [0.05, 0.1) is 29.1 Å². The summed E-state index contributed by atoms with van der Waals surface area (Å²) in [4.78, 5) is 29.8. The second-order valence-corrected chi connectivity index (χ2v) is 7.62. The fourth-order valence-electron chi connectivity index (χ4n) is 2.87. The molecular weight excluding hydrogens is 388 g/mol. The summed E-state index contributed by atoms with van der Waals surface area (Å²) >= 11 is 1.37. The second-order valence-electron chi connectivity index (χ2n) is 6.59. The van der Waals surface area contributed by atoms with Crippen LogP contribution >= 0.6 is 11.3 Å². The fourth-order valence-corrected chi connectivity index (χ4v) is 3.82. The molecule has 2 aromatic carbocycles. The highest BCUT2D eigenvalue weighted by Crippen LogP contribution is 2.27. The van der Waals surface area contributed by atoms with Crippen molar-refractivity contribution in [2.24, 2.45) is 0 Å². The largest absolute Gasteiger partial charge is 0.494 e. The number of nitrogens with one attached hydrogen (secondary N) is 1. The Morgan fingerprint density at radius 2 is 1.79 bits per heavy atom. The number of amides is 1. The van der Waals surface area contributed by atoms with E-state index in [4.69, 9.17) is 4.74 Å². The summed E-state index contributed by atoms with van der Waals surface area (Å²) in [7, 11) is 1.39. The van der Waals surface area contributed by atoms with Crippen molar-refractivity contribution < 1.29 is 9.53 Å². The first-order valence-corrected chi connectivity index (χ1v) is 9.70. The quantitative estimate of drug-likeness (QED) is 0.558. The molecular formula is C21H18N4O3S. The number of carbonyl (C=O) groups is 1. The number of rotatable bonds is 4. The topological polar surface area (TPSA) is 86.1 Å². The molecule has 4 rings (SSSR count). The maximum Gasteiger partial charge on any atom is 0.281 e. The summed E-state index contributed by atoms with van der Waals surface area (Å²) in [5, 5.41) is 7.46. The molecule has 1 N–H and O–H groups in total. The number of methoxy groups -OCH3 is 1. The monoisotopic (exact) mass is 406 g/mol. The average Bonchev–Trinajstić information content (AvgIpc) is 3.09. The van der Waals surface area contributed by atoms with Gasteiger partial charge in [0.2, 0.25) is 0 Å². The van der Waals surface area contributed by atoms with Crippen LogP contribution in [0.3, 0.4) is 0 Å². The summed E-state index contributed by atoms with van der Waals surface area (Å²) in [5.41, 5.74) is 3.15. The highest BCUT2D eigenvalue weighted by molar-refractivity contribution is 7.22. The van der Waals surface area contributed by atoms with Gasteiger partial charge < -0.3 is 4.74 Å². The maximum absolute atomic E-state index is 12.9. The van der Waals surface area contributed by atoms with Crippen LogP contribution in [0.2, 0.25) is 0 Å². The van der Waals surface area contributed by atoms with Crippen molar-refractivity contribution in [3.05, 3.63) is 75.7 Å². The van der Waals surface area contributed by atoms with Crippen molar-refractivity contribution in [2.75, 3.05) is 12.4 Å². The lowest BCUT2D eigenvalue weighted by molar-refractivity contribution is 0.101. The van der Waals surface area contributed by atoms with Gasteiger partial charge in [-0.15, -0.1) is 0 Å². The zero-order valence-electron chi connectivity index (χ0n) is 16.1. The molecule has 0 bridgehead atoms. The van der Waals surface area contributed by atoms with E-state index in [9.17, 15) is 9.59 Å². The van der Waals surface area contributed by atoms with Gasteiger partial charge in [-0.2, -0.15) is 9.78 Å². The Bertz CT molecular complexity index is 1280. The summed E-state index contributed by atoms with van der Waals surface area (Å²) in [6.45, 7) is 3.95. The minimum absolute atomic E-state index is 0.00288. The number of nitrogens with zero attached hydrogens (tertiary/aromatic N) is 3. The summed E-state index contributed by atoms with van der Waals surface area (Å²) < 4.78 is 7.37. The highest BCUT2D eigenvalue weighted by atomic mass is 32.1. The van der Waals surface area contributed by atoms with Crippen molar-refractivity contribution in [3.63, 3.8) is 0 Å². The predicted molar refractivity (Wildman–Crippen MR) is 113 cm³/mol. The van der Waals surface area contributed by atoms with Crippen molar-refractivity contribution in [3.8, 4) is 11.4 Å². The van der Waals surface area contributed by atoms with Gasteiger partial charge in [0.1, 0.15) is 0 Å². The van der Waals surface area contributed by atoms with Crippen molar-refractivity contribution in [1.29, 1.82) is 0 Å². The fraction of sp³-hybridized carbons (Fsp3) is 0.143. The minimum atomic E-state index is -0.501. The molecule has 0 saturated heterocycles. The van der Waals surface area contributed by atoms with Crippen LogP contribution < -0.4 is 15.6 Å². The molecule has 0 aliphatic rings. The molecule has 0 atom stereocenters. The number of aryl methyl sites for hydroxylation is 2. The van der Waals surface area contributed by atoms with E-state index in [0.29, 0.717) is 10.8 Å². The van der Waals surface area contributed by atoms with Gasteiger partial charge in [0.25, 0.3) is 11.5 Å². The van der Waals surface area contributed by atoms with E-state index in [1.54, 1.807) is 12.1 Å². The number of thiazole rings is 1. The normalized spacial score (nSPS) is 10.9. The first-order valence-electron chi connectivity index (χ1n) is 8.88. The van der Waals surface area contributed by atoms with E-state index >= 15 is 0 Å². The average molecular weight is 406 g/mol. The first-order chi connectivity index (χ1) is 13.9. The molecule has 0 unspecified atom stereocenters. The number of hydrogen-bond donors (Lipinski definition) is 1. The smallest absolute Gasteiger partial charge is 0.281 e. The number of fused-ring (bicyclic) bond motifs is 1. The van der Waals surface area contributed by atoms with Gasteiger partial charge in [-0.1, -0.05) is 35.1 Å². The second kappa shape index (κ2) is 7.48. The lowest BCUT2D eigenvalue weighted by Crippen LogP contribution is -2.26. The minimum Gasteiger partial charge on any atom is -0.494 e. The first kappa shape index (κ1) is 18.8. The standard InChI is InChI=1S/C21H18N4O3S/c1-12-4-7-14(8-5-12)25-18(26)11-16(28-3)19(24-25)20(27)23-21-22-15-9-6-13(2)10-17(15)29-21/h4-11H,1-3H3,(H,22,23,27). The van der Waals surface area contributed by atoms with E-state index in [1.165, 1.54) is 29.2 Å². The van der Waals surface area contributed by atoms with Gasteiger partial charge >= 0.3 is 0 Å². The predicted octanol–water partition coefficient (Wildman–Crippen LogP) is 3.72. The maximum atomic E-state index is 12.9. The SMILES string of the molecule is COc1cc(=O)n(-c2ccc(C)cc2)nc1C(=O)Nc1nc2ccc(C)cc2s1. The number of carbonyl (C=O) groups excluding carboxylic acids is 1. The molecule has 2 heterocycles. The van der Waals surface area contributed by atoms with E-state index in [2.05, 4.69) is 15.4 Å². The van der Waals surface area contributed by atoms with Gasteiger partial charge in [-0.05, 0) is 43.7 Å². The van der Waals surface area contributed by atoms with Crippen LogP contribution in [0.4, 0.5) is 5.13 Å².